The monoisotopic (exact) mass is 282 g/mol. The normalized spacial score (nSPS) is 30.9. The van der Waals surface area contributed by atoms with Crippen LogP contribution >= 0.6 is 0 Å². The van der Waals surface area contributed by atoms with Crippen molar-refractivity contribution in [3.05, 3.63) is 0 Å². The van der Waals surface area contributed by atoms with Gasteiger partial charge < -0.3 is 15.3 Å². The lowest BCUT2D eigenvalue weighted by molar-refractivity contribution is -0.137. The van der Waals surface area contributed by atoms with Gasteiger partial charge in [0.2, 0.25) is 0 Å². The van der Waals surface area contributed by atoms with Crippen molar-refractivity contribution in [1.29, 1.82) is 0 Å². The number of aliphatic carboxylic acids is 1. The van der Waals surface area contributed by atoms with Crippen molar-refractivity contribution in [2.24, 2.45) is 5.92 Å². The fraction of sp³-hybridized carbons (Fsp3) is 0.867. The molecule has 0 aromatic rings. The molecular formula is C15H26N2O3. The van der Waals surface area contributed by atoms with Crippen LogP contribution in [0.25, 0.3) is 0 Å². The summed E-state index contributed by atoms with van der Waals surface area (Å²) in [5, 5.41) is 12.0. The summed E-state index contributed by atoms with van der Waals surface area (Å²) in [5.74, 6) is -0.0681. The topological polar surface area (TPSA) is 69.6 Å². The summed E-state index contributed by atoms with van der Waals surface area (Å²) in [4.78, 5) is 24.9. The summed E-state index contributed by atoms with van der Waals surface area (Å²) >= 11 is 0. The number of hydrogen-bond acceptors (Lipinski definition) is 2. The Morgan fingerprint density at radius 3 is 2.70 bits per heavy atom. The van der Waals surface area contributed by atoms with Crippen molar-refractivity contribution < 1.29 is 14.7 Å². The number of carboxylic acids is 1. The van der Waals surface area contributed by atoms with Crippen LogP contribution in [0, 0.1) is 5.92 Å². The minimum absolute atomic E-state index is 0.0618. The van der Waals surface area contributed by atoms with Gasteiger partial charge in [-0.3, -0.25) is 4.79 Å². The van der Waals surface area contributed by atoms with Gasteiger partial charge in [0.25, 0.3) is 0 Å². The van der Waals surface area contributed by atoms with E-state index >= 15 is 0 Å². The Kier molecular flexibility index (Phi) is 5.26. The maximum absolute atomic E-state index is 12.3. The molecule has 1 heterocycles. The first-order valence-electron chi connectivity index (χ1n) is 7.85. The number of likely N-dealkylation sites (tertiary alicyclic amines) is 1. The van der Waals surface area contributed by atoms with E-state index in [1.807, 2.05) is 0 Å². The summed E-state index contributed by atoms with van der Waals surface area (Å²) in [6.07, 6.45) is 7.47. The molecule has 2 aliphatic rings. The Morgan fingerprint density at radius 1 is 1.15 bits per heavy atom. The predicted molar refractivity (Wildman–Crippen MR) is 76.5 cm³/mol. The minimum atomic E-state index is -0.821. The molecule has 2 rings (SSSR count). The highest BCUT2D eigenvalue weighted by molar-refractivity contribution is 5.76. The van der Waals surface area contributed by atoms with E-state index in [-0.39, 0.29) is 24.5 Å². The van der Waals surface area contributed by atoms with Gasteiger partial charge in [-0.05, 0) is 38.0 Å². The lowest BCUT2D eigenvalue weighted by Crippen LogP contribution is -2.47. The first-order chi connectivity index (χ1) is 9.56. The Morgan fingerprint density at radius 2 is 1.95 bits per heavy atom. The maximum atomic E-state index is 12.3. The molecular weight excluding hydrogens is 256 g/mol. The molecule has 0 spiro atoms. The average Bonchev–Trinajstić information content (AvgIpc) is 2.73. The predicted octanol–water partition coefficient (Wildman–Crippen LogP) is 2.60. The number of rotatable bonds is 3. The summed E-state index contributed by atoms with van der Waals surface area (Å²) < 4.78 is 0. The smallest absolute Gasteiger partial charge is 0.317 e. The second-order valence-electron chi connectivity index (χ2n) is 6.35. The quantitative estimate of drug-likeness (QED) is 0.782. The third-order valence-electron chi connectivity index (χ3n) is 4.63. The molecule has 0 bridgehead atoms. The van der Waals surface area contributed by atoms with Gasteiger partial charge in [-0.2, -0.15) is 0 Å². The minimum Gasteiger partial charge on any atom is -0.481 e. The molecule has 1 saturated heterocycles. The molecule has 20 heavy (non-hydrogen) atoms. The second kappa shape index (κ2) is 6.95. The molecule has 2 fully saturated rings. The summed E-state index contributed by atoms with van der Waals surface area (Å²) in [6, 6.07) is 0.0732. The maximum Gasteiger partial charge on any atom is 0.317 e. The molecule has 1 aliphatic carbocycles. The van der Waals surface area contributed by atoms with E-state index in [0.29, 0.717) is 6.54 Å². The third kappa shape index (κ3) is 4.12. The molecule has 2 amide bonds. The Balaban J connectivity index is 1.85. The van der Waals surface area contributed by atoms with Crippen molar-refractivity contribution in [1.82, 2.24) is 10.2 Å². The Labute approximate surface area is 120 Å². The van der Waals surface area contributed by atoms with E-state index in [9.17, 15) is 9.59 Å². The molecule has 0 aromatic heterocycles. The summed E-state index contributed by atoms with van der Waals surface area (Å²) in [7, 11) is 0. The third-order valence-corrected chi connectivity index (χ3v) is 4.63. The Hall–Kier alpha value is -1.26. The molecule has 2 N–H and O–H groups in total. The van der Waals surface area contributed by atoms with Gasteiger partial charge in [-0.15, -0.1) is 0 Å². The number of carboxylic acid groups (broad SMARTS) is 1. The number of hydrogen-bond donors (Lipinski definition) is 2. The van der Waals surface area contributed by atoms with Crippen molar-refractivity contribution in [2.45, 2.75) is 70.4 Å². The zero-order chi connectivity index (χ0) is 14.5. The van der Waals surface area contributed by atoms with Crippen molar-refractivity contribution in [3.8, 4) is 0 Å². The van der Waals surface area contributed by atoms with Gasteiger partial charge in [0.05, 0.1) is 6.42 Å². The van der Waals surface area contributed by atoms with Crippen molar-refractivity contribution in [3.63, 3.8) is 0 Å². The summed E-state index contributed by atoms with van der Waals surface area (Å²) in [6.45, 7) is 2.96. The second-order valence-corrected chi connectivity index (χ2v) is 6.35. The number of carbonyl (C=O) groups is 2. The SMILES string of the molecule is CC1CCCC(NC(=O)N2CCCC2CC(=O)O)CC1. The van der Waals surface area contributed by atoms with E-state index in [0.717, 1.165) is 31.6 Å². The number of nitrogens with zero attached hydrogens (tertiary/aromatic N) is 1. The van der Waals surface area contributed by atoms with Crippen LogP contribution in [0.4, 0.5) is 4.79 Å². The molecule has 3 atom stereocenters. The molecule has 114 valence electrons. The van der Waals surface area contributed by atoms with Crippen LogP contribution in [0.2, 0.25) is 0 Å². The zero-order valence-electron chi connectivity index (χ0n) is 12.3. The number of nitrogens with one attached hydrogen (secondary N) is 1. The van der Waals surface area contributed by atoms with Crippen molar-refractivity contribution in [2.75, 3.05) is 6.54 Å². The van der Waals surface area contributed by atoms with Crippen LogP contribution in [-0.2, 0) is 4.79 Å². The molecule has 0 aromatic carbocycles. The zero-order valence-corrected chi connectivity index (χ0v) is 12.3. The van der Waals surface area contributed by atoms with Gasteiger partial charge in [0.15, 0.2) is 0 Å². The van der Waals surface area contributed by atoms with E-state index in [2.05, 4.69) is 12.2 Å². The van der Waals surface area contributed by atoms with E-state index in [1.165, 1.54) is 19.3 Å². The molecule has 0 radical (unpaired) electrons. The van der Waals surface area contributed by atoms with Crippen LogP contribution in [0.15, 0.2) is 0 Å². The van der Waals surface area contributed by atoms with E-state index < -0.39 is 5.97 Å². The fourth-order valence-corrected chi connectivity index (χ4v) is 3.41. The standard InChI is InChI=1S/C15H26N2O3/c1-11-4-2-5-12(8-7-11)16-15(20)17-9-3-6-13(17)10-14(18)19/h11-13H,2-10H2,1H3,(H,16,20)(H,18,19). The first-order valence-corrected chi connectivity index (χ1v) is 7.85. The van der Waals surface area contributed by atoms with Crippen LogP contribution in [0.5, 0.6) is 0 Å². The fourth-order valence-electron chi connectivity index (χ4n) is 3.41. The van der Waals surface area contributed by atoms with Crippen LogP contribution in [0.1, 0.15) is 58.3 Å². The van der Waals surface area contributed by atoms with Gasteiger partial charge in [-0.1, -0.05) is 19.8 Å². The number of amides is 2. The number of urea groups is 1. The van der Waals surface area contributed by atoms with Crippen molar-refractivity contribution >= 4 is 12.0 Å². The first kappa shape index (κ1) is 15.1. The lowest BCUT2D eigenvalue weighted by atomic mass is 10.0. The Bertz CT molecular complexity index is 359. The van der Waals surface area contributed by atoms with Gasteiger partial charge in [-0.25, -0.2) is 4.79 Å². The number of carbonyl (C=O) groups excluding carboxylic acids is 1. The molecule has 3 unspecified atom stereocenters. The van der Waals surface area contributed by atoms with Gasteiger partial charge in [0.1, 0.15) is 0 Å². The van der Waals surface area contributed by atoms with E-state index in [4.69, 9.17) is 5.11 Å². The van der Waals surface area contributed by atoms with Crippen LogP contribution in [0.3, 0.4) is 0 Å². The van der Waals surface area contributed by atoms with Gasteiger partial charge in [0, 0.05) is 18.6 Å². The van der Waals surface area contributed by atoms with E-state index in [1.54, 1.807) is 4.90 Å². The van der Waals surface area contributed by atoms with Gasteiger partial charge >= 0.3 is 12.0 Å². The highest BCUT2D eigenvalue weighted by atomic mass is 16.4. The molecule has 5 nitrogen and oxygen atoms in total. The lowest BCUT2D eigenvalue weighted by Gasteiger charge is -2.26. The average molecular weight is 282 g/mol. The van der Waals surface area contributed by atoms with Crippen LogP contribution < -0.4 is 5.32 Å². The molecule has 5 heteroatoms. The largest absolute Gasteiger partial charge is 0.481 e. The molecule has 1 aliphatic heterocycles. The van der Waals surface area contributed by atoms with Crippen LogP contribution in [-0.4, -0.2) is 40.6 Å². The highest BCUT2D eigenvalue weighted by Gasteiger charge is 2.31. The summed E-state index contributed by atoms with van der Waals surface area (Å²) in [5.41, 5.74) is 0. The molecule has 1 saturated carbocycles. The highest BCUT2D eigenvalue weighted by Crippen LogP contribution is 2.24.